The highest BCUT2D eigenvalue weighted by Crippen LogP contribution is 2.23. The maximum absolute atomic E-state index is 10.1. The van der Waals surface area contributed by atoms with Gasteiger partial charge in [0.05, 0.1) is 18.4 Å². The second-order valence-corrected chi connectivity index (χ2v) is 5.43. The van der Waals surface area contributed by atoms with Gasteiger partial charge in [-0.2, -0.15) is 5.10 Å². The number of aliphatic hydroxyl groups is 1. The van der Waals surface area contributed by atoms with Crippen molar-refractivity contribution in [2.24, 2.45) is 0 Å². The van der Waals surface area contributed by atoms with E-state index >= 15 is 0 Å². The van der Waals surface area contributed by atoms with Gasteiger partial charge in [-0.25, -0.2) is 0 Å². The van der Waals surface area contributed by atoms with Gasteiger partial charge in [0.2, 0.25) is 0 Å². The van der Waals surface area contributed by atoms with Crippen molar-refractivity contribution >= 4 is 0 Å². The van der Waals surface area contributed by atoms with Gasteiger partial charge in [-0.3, -0.25) is 4.68 Å². The molecule has 0 bridgehead atoms. The van der Waals surface area contributed by atoms with Crippen molar-refractivity contribution in [3.05, 3.63) is 18.0 Å². The summed E-state index contributed by atoms with van der Waals surface area (Å²) >= 11 is 0. The van der Waals surface area contributed by atoms with Crippen LogP contribution in [0.1, 0.15) is 63.7 Å². The fourth-order valence-electron chi connectivity index (χ4n) is 2.38. The second-order valence-electron chi connectivity index (χ2n) is 5.43. The predicted octanol–water partition coefficient (Wildman–Crippen LogP) is 2.85. The number of nitrogens with zero attached hydrogens (tertiary/aromatic N) is 2. The Morgan fingerprint density at radius 3 is 3.00 bits per heavy atom. The van der Waals surface area contributed by atoms with E-state index in [2.05, 4.69) is 18.9 Å². The first-order valence-corrected chi connectivity index (χ1v) is 7.00. The van der Waals surface area contributed by atoms with Gasteiger partial charge in [-0.15, -0.1) is 0 Å². The Hall–Kier alpha value is -0.870. The molecule has 1 aliphatic heterocycles. The van der Waals surface area contributed by atoms with Crippen molar-refractivity contribution in [2.75, 3.05) is 6.61 Å². The van der Waals surface area contributed by atoms with Crippen LogP contribution < -0.4 is 0 Å². The van der Waals surface area contributed by atoms with E-state index in [0.29, 0.717) is 12.1 Å². The number of aromatic nitrogens is 2. The van der Waals surface area contributed by atoms with Crippen LogP contribution >= 0.6 is 0 Å². The maximum Gasteiger partial charge on any atom is 0.0820 e. The van der Waals surface area contributed by atoms with Crippen LogP contribution in [-0.2, 0) is 4.74 Å². The molecule has 0 saturated carbocycles. The molecule has 1 aliphatic rings. The van der Waals surface area contributed by atoms with Gasteiger partial charge in [0.1, 0.15) is 0 Å². The lowest BCUT2D eigenvalue weighted by Gasteiger charge is -2.11. The third-order valence-electron chi connectivity index (χ3n) is 3.56. The van der Waals surface area contributed by atoms with Crippen LogP contribution in [0.5, 0.6) is 0 Å². The molecule has 2 unspecified atom stereocenters. The van der Waals surface area contributed by atoms with Crippen LogP contribution in [0.4, 0.5) is 0 Å². The van der Waals surface area contributed by atoms with Gasteiger partial charge in [0, 0.05) is 24.4 Å². The van der Waals surface area contributed by atoms with Gasteiger partial charge < -0.3 is 9.84 Å². The largest absolute Gasteiger partial charge is 0.388 e. The predicted molar refractivity (Wildman–Crippen MR) is 70.4 cm³/mol. The molecule has 0 radical (unpaired) electrons. The summed E-state index contributed by atoms with van der Waals surface area (Å²) in [7, 11) is 0. The molecule has 0 spiro atoms. The minimum Gasteiger partial charge on any atom is -0.388 e. The standard InChI is InChI=1S/C14H24N2O2/c1-11(2)16-10-12(9-15-16)14(17)7-3-5-13-6-4-8-18-13/h9-11,13-14,17H,3-8H2,1-2H3. The second kappa shape index (κ2) is 6.34. The van der Waals surface area contributed by atoms with Crippen LogP contribution in [-0.4, -0.2) is 27.6 Å². The first-order chi connectivity index (χ1) is 8.66. The molecule has 2 heterocycles. The average molecular weight is 252 g/mol. The topological polar surface area (TPSA) is 47.3 Å². The molecule has 1 N–H and O–H groups in total. The lowest BCUT2D eigenvalue weighted by molar-refractivity contribution is 0.0944. The molecule has 18 heavy (non-hydrogen) atoms. The summed E-state index contributed by atoms with van der Waals surface area (Å²) in [5.41, 5.74) is 0.927. The Bertz CT molecular complexity index is 356. The smallest absolute Gasteiger partial charge is 0.0820 e. The summed E-state index contributed by atoms with van der Waals surface area (Å²) in [4.78, 5) is 0. The first kappa shape index (κ1) is 13.6. The third kappa shape index (κ3) is 3.56. The zero-order valence-corrected chi connectivity index (χ0v) is 11.4. The lowest BCUT2D eigenvalue weighted by atomic mass is 10.0. The number of rotatable bonds is 6. The summed E-state index contributed by atoms with van der Waals surface area (Å²) in [5, 5.41) is 14.3. The summed E-state index contributed by atoms with van der Waals surface area (Å²) < 4.78 is 7.47. The normalized spacial score (nSPS) is 21.7. The monoisotopic (exact) mass is 252 g/mol. The Morgan fingerprint density at radius 1 is 1.56 bits per heavy atom. The molecule has 2 atom stereocenters. The van der Waals surface area contributed by atoms with Gasteiger partial charge in [0.15, 0.2) is 0 Å². The maximum atomic E-state index is 10.1. The van der Waals surface area contributed by atoms with Gasteiger partial charge in [-0.1, -0.05) is 0 Å². The number of hydrogen-bond acceptors (Lipinski definition) is 3. The Kier molecular flexibility index (Phi) is 4.78. The molecule has 0 aromatic carbocycles. The minimum absolute atomic E-state index is 0.345. The van der Waals surface area contributed by atoms with E-state index in [1.54, 1.807) is 6.20 Å². The van der Waals surface area contributed by atoms with E-state index in [4.69, 9.17) is 4.74 Å². The molecule has 2 rings (SSSR count). The lowest BCUT2D eigenvalue weighted by Crippen LogP contribution is -2.06. The van der Waals surface area contributed by atoms with E-state index in [9.17, 15) is 5.11 Å². The number of ether oxygens (including phenoxy) is 1. The fourth-order valence-corrected chi connectivity index (χ4v) is 2.38. The summed E-state index contributed by atoms with van der Waals surface area (Å²) in [6.07, 6.45) is 9.00. The quantitative estimate of drug-likeness (QED) is 0.847. The highest BCUT2D eigenvalue weighted by molar-refractivity contribution is 5.08. The third-order valence-corrected chi connectivity index (χ3v) is 3.56. The van der Waals surface area contributed by atoms with Gasteiger partial charge in [0.25, 0.3) is 0 Å². The Balaban J connectivity index is 1.74. The Labute approximate surface area is 109 Å². The number of aliphatic hydroxyl groups excluding tert-OH is 1. The summed E-state index contributed by atoms with van der Waals surface area (Å²) in [5.74, 6) is 0. The van der Waals surface area contributed by atoms with Gasteiger partial charge in [-0.05, 0) is 46.0 Å². The SMILES string of the molecule is CC(C)n1cc(C(O)CCCC2CCCO2)cn1. The van der Waals surface area contributed by atoms with E-state index in [0.717, 1.165) is 31.4 Å². The summed E-state index contributed by atoms with van der Waals surface area (Å²) in [6.45, 7) is 5.08. The van der Waals surface area contributed by atoms with Crippen LogP contribution in [0, 0.1) is 0 Å². The van der Waals surface area contributed by atoms with E-state index in [1.165, 1.54) is 12.8 Å². The van der Waals surface area contributed by atoms with Crippen molar-refractivity contribution in [3.8, 4) is 0 Å². The molecule has 0 aliphatic carbocycles. The fraction of sp³-hybridized carbons (Fsp3) is 0.786. The van der Waals surface area contributed by atoms with Crippen LogP contribution in [0.25, 0.3) is 0 Å². The average Bonchev–Trinajstić information content (AvgIpc) is 2.99. The molecule has 1 aromatic rings. The van der Waals surface area contributed by atoms with Crippen LogP contribution in [0.15, 0.2) is 12.4 Å². The Morgan fingerprint density at radius 2 is 2.39 bits per heavy atom. The molecule has 4 nitrogen and oxygen atoms in total. The van der Waals surface area contributed by atoms with Crippen molar-refractivity contribution in [1.82, 2.24) is 9.78 Å². The molecule has 102 valence electrons. The van der Waals surface area contributed by atoms with Gasteiger partial charge >= 0.3 is 0 Å². The van der Waals surface area contributed by atoms with E-state index < -0.39 is 0 Å². The van der Waals surface area contributed by atoms with Crippen LogP contribution in [0.3, 0.4) is 0 Å². The molecular weight excluding hydrogens is 228 g/mol. The van der Waals surface area contributed by atoms with Crippen molar-refractivity contribution in [1.29, 1.82) is 0 Å². The highest BCUT2D eigenvalue weighted by atomic mass is 16.5. The van der Waals surface area contributed by atoms with Crippen molar-refractivity contribution in [3.63, 3.8) is 0 Å². The molecular formula is C14H24N2O2. The molecule has 1 saturated heterocycles. The van der Waals surface area contributed by atoms with Crippen molar-refractivity contribution in [2.45, 2.75) is 64.2 Å². The van der Waals surface area contributed by atoms with Crippen molar-refractivity contribution < 1.29 is 9.84 Å². The van der Waals surface area contributed by atoms with E-state index in [1.807, 2.05) is 10.9 Å². The number of hydrogen-bond donors (Lipinski definition) is 1. The summed E-state index contributed by atoms with van der Waals surface area (Å²) in [6, 6.07) is 0.345. The molecule has 4 heteroatoms. The van der Waals surface area contributed by atoms with E-state index in [-0.39, 0.29) is 6.10 Å². The minimum atomic E-state index is -0.390. The first-order valence-electron chi connectivity index (χ1n) is 7.00. The molecule has 1 aromatic heterocycles. The molecule has 1 fully saturated rings. The zero-order valence-electron chi connectivity index (χ0n) is 11.4. The van der Waals surface area contributed by atoms with Crippen LogP contribution in [0.2, 0.25) is 0 Å². The highest BCUT2D eigenvalue weighted by Gasteiger charge is 2.16. The molecule has 0 amide bonds. The zero-order chi connectivity index (χ0) is 13.0.